The van der Waals surface area contributed by atoms with Crippen LogP contribution in [0.1, 0.15) is 26.3 Å². The molecule has 1 aliphatic rings. The molecule has 2 nitrogen and oxygen atoms in total. The fourth-order valence-corrected chi connectivity index (χ4v) is 2.20. The highest BCUT2D eigenvalue weighted by molar-refractivity contribution is 5.74. The quantitative estimate of drug-likeness (QED) is 0.762. The fourth-order valence-electron chi connectivity index (χ4n) is 2.20. The van der Waals surface area contributed by atoms with Gasteiger partial charge in [-0.15, -0.1) is 0 Å². The number of hydrogen-bond donors (Lipinski definition) is 1. The van der Waals surface area contributed by atoms with Crippen LogP contribution in [0.5, 0.6) is 0 Å². The maximum atomic E-state index is 12.7. The Labute approximate surface area is 105 Å². The molecule has 0 fully saturated rings. The highest BCUT2D eigenvalue weighted by atomic mass is 19.4. The van der Waals surface area contributed by atoms with Gasteiger partial charge in [-0.3, -0.25) is 0 Å². The van der Waals surface area contributed by atoms with Gasteiger partial charge in [0.15, 0.2) is 0 Å². The number of fused-ring (bicyclic) bond motifs is 1. The van der Waals surface area contributed by atoms with Crippen molar-refractivity contribution >= 4 is 11.4 Å². The Kier molecular flexibility index (Phi) is 2.95. The fraction of sp³-hybridized carbons (Fsp3) is 0.538. The number of nitrogens with zero attached hydrogens (tertiary/aromatic N) is 1. The standard InChI is InChI=1S/C13H17F3N2/c1-12(2,3)18-7-6-17-10-5-4-9(8-11(10)18)13(14,15)16/h4-5,8,17H,6-7H2,1-3H3. The largest absolute Gasteiger partial charge is 0.416 e. The second-order valence-corrected chi connectivity index (χ2v) is 5.48. The van der Waals surface area contributed by atoms with Crippen molar-refractivity contribution in [1.82, 2.24) is 0 Å². The Morgan fingerprint density at radius 2 is 1.83 bits per heavy atom. The first-order valence-electron chi connectivity index (χ1n) is 5.92. The van der Waals surface area contributed by atoms with Crippen LogP contribution in [-0.2, 0) is 6.18 Å². The van der Waals surface area contributed by atoms with Crippen LogP contribution in [0.25, 0.3) is 0 Å². The topological polar surface area (TPSA) is 15.3 Å². The third-order valence-corrected chi connectivity index (χ3v) is 3.08. The summed E-state index contributed by atoms with van der Waals surface area (Å²) in [7, 11) is 0. The molecule has 18 heavy (non-hydrogen) atoms. The lowest BCUT2D eigenvalue weighted by molar-refractivity contribution is -0.137. The van der Waals surface area contributed by atoms with Gasteiger partial charge >= 0.3 is 6.18 Å². The van der Waals surface area contributed by atoms with Gasteiger partial charge in [-0.2, -0.15) is 13.2 Å². The summed E-state index contributed by atoms with van der Waals surface area (Å²) in [5.41, 5.74) is 0.605. The summed E-state index contributed by atoms with van der Waals surface area (Å²) in [5, 5.41) is 3.13. The van der Waals surface area contributed by atoms with Crippen LogP contribution in [0.4, 0.5) is 24.5 Å². The summed E-state index contributed by atoms with van der Waals surface area (Å²) in [6.45, 7) is 7.46. The Bertz CT molecular complexity index is 447. The average Bonchev–Trinajstić information content (AvgIpc) is 2.25. The minimum atomic E-state index is -4.30. The van der Waals surface area contributed by atoms with Crippen LogP contribution < -0.4 is 10.2 Å². The first-order valence-corrected chi connectivity index (χ1v) is 5.92. The van der Waals surface area contributed by atoms with Gasteiger partial charge in [-0.1, -0.05) is 0 Å². The van der Waals surface area contributed by atoms with Gasteiger partial charge in [-0.25, -0.2) is 0 Å². The minimum absolute atomic E-state index is 0.193. The lowest BCUT2D eigenvalue weighted by atomic mass is 10.0. The predicted octanol–water partition coefficient (Wildman–Crippen LogP) is 3.74. The molecular formula is C13H17F3N2. The minimum Gasteiger partial charge on any atom is -0.382 e. The van der Waals surface area contributed by atoms with E-state index in [0.29, 0.717) is 12.2 Å². The van der Waals surface area contributed by atoms with E-state index in [-0.39, 0.29) is 5.54 Å². The monoisotopic (exact) mass is 258 g/mol. The van der Waals surface area contributed by atoms with Crippen LogP contribution in [-0.4, -0.2) is 18.6 Å². The molecule has 0 saturated heterocycles. The highest BCUT2D eigenvalue weighted by Crippen LogP contribution is 2.39. The van der Waals surface area contributed by atoms with Crippen LogP contribution in [0.3, 0.4) is 0 Å². The van der Waals surface area contributed by atoms with E-state index in [1.54, 1.807) is 0 Å². The molecule has 0 spiro atoms. The van der Waals surface area contributed by atoms with Crippen molar-refractivity contribution in [3.8, 4) is 0 Å². The van der Waals surface area contributed by atoms with Crippen molar-refractivity contribution in [1.29, 1.82) is 0 Å². The van der Waals surface area contributed by atoms with E-state index in [0.717, 1.165) is 18.3 Å². The van der Waals surface area contributed by atoms with Crippen molar-refractivity contribution in [3.63, 3.8) is 0 Å². The van der Waals surface area contributed by atoms with Crippen molar-refractivity contribution in [2.24, 2.45) is 0 Å². The van der Waals surface area contributed by atoms with Crippen molar-refractivity contribution in [3.05, 3.63) is 23.8 Å². The van der Waals surface area contributed by atoms with Gasteiger partial charge in [0.1, 0.15) is 0 Å². The van der Waals surface area contributed by atoms with Gasteiger partial charge in [0.25, 0.3) is 0 Å². The van der Waals surface area contributed by atoms with E-state index in [9.17, 15) is 13.2 Å². The number of anilines is 2. The maximum absolute atomic E-state index is 12.7. The number of hydrogen-bond acceptors (Lipinski definition) is 2. The number of nitrogens with one attached hydrogen (secondary N) is 1. The normalized spacial score (nSPS) is 16.2. The zero-order chi connectivity index (χ0) is 13.6. The van der Waals surface area contributed by atoms with Crippen LogP contribution in [0.15, 0.2) is 18.2 Å². The number of rotatable bonds is 0. The van der Waals surface area contributed by atoms with E-state index < -0.39 is 11.7 Å². The Morgan fingerprint density at radius 3 is 2.39 bits per heavy atom. The lowest BCUT2D eigenvalue weighted by Gasteiger charge is -2.42. The van der Waals surface area contributed by atoms with Crippen molar-refractivity contribution < 1.29 is 13.2 Å². The Hall–Kier alpha value is -1.39. The molecule has 0 bridgehead atoms. The van der Waals surface area contributed by atoms with E-state index in [2.05, 4.69) is 5.32 Å². The van der Waals surface area contributed by atoms with Crippen molar-refractivity contribution in [2.75, 3.05) is 23.3 Å². The molecule has 0 amide bonds. The number of alkyl halides is 3. The van der Waals surface area contributed by atoms with Gasteiger partial charge in [0, 0.05) is 18.6 Å². The molecule has 100 valence electrons. The highest BCUT2D eigenvalue weighted by Gasteiger charge is 2.33. The van der Waals surface area contributed by atoms with E-state index in [4.69, 9.17) is 0 Å². The van der Waals surface area contributed by atoms with Crippen LogP contribution in [0, 0.1) is 0 Å². The van der Waals surface area contributed by atoms with E-state index in [1.165, 1.54) is 12.1 Å². The molecule has 1 aliphatic heterocycles. The number of halogens is 3. The van der Waals surface area contributed by atoms with Gasteiger partial charge in [0.2, 0.25) is 0 Å². The first-order chi connectivity index (χ1) is 8.19. The molecule has 2 rings (SSSR count). The molecule has 0 radical (unpaired) electrons. The smallest absolute Gasteiger partial charge is 0.382 e. The average molecular weight is 258 g/mol. The third-order valence-electron chi connectivity index (χ3n) is 3.08. The molecule has 0 aliphatic carbocycles. The molecule has 1 N–H and O–H groups in total. The van der Waals surface area contributed by atoms with Crippen molar-refractivity contribution in [2.45, 2.75) is 32.5 Å². The first kappa shape index (κ1) is 13.1. The molecule has 0 unspecified atom stereocenters. The molecule has 1 aromatic carbocycles. The molecule has 1 heterocycles. The third kappa shape index (κ3) is 2.40. The summed E-state index contributed by atoms with van der Waals surface area (Å²) in [5.74, 6) is 0. The molecule has 1 aromatic rings. The van der Waals surface area contributed by atoms with E-state index >= 15 is 0 Å². The Balaban J connectivity index is 2.48. The molecular weight excluding hydrogens is 241 g/mol. The molecule has 0 saturated carbocycles. The van der Waals surface area contributed by atoms with E-state index in [1.807, 2.05) is 25.7 Å². The van der Waals surface area contributed by atoms with Gasteiger partial charge in [0.05, 0.1) is 16.9 Å². The number of benzene rings is 1. The summed E-state index contributed by atoms with van der Waals surface area (Å²) >= 11 is 0. The second kappa shape index (κ2) is 4.07. The SMILES string of the molecule is CC(C)(C)N1CCNc2ccc(C(F)(F)F)cc21. The summed E-state index contributed by atoms with van der Waals surface area (Å²) < 4.78 is 38.2. The predicted molar refractivity (Wildman–Crippen MR) is 67.0 cm³/mol. The maximum Gasteiger partial charge on any atom is 0.416 e. The molecule has 0 aromatic heterocycles. The zero-order valence-electron chi connectivity index (χ0n) is 10.7. The summed E-state index contributed by atoms with van der Waals surface area (Å²) in [4.78, 5) is 2.01. The Morgan fingerprint density at radius 1 is 1.17 bits per heavy atom. The molecule has 5 heteroatoms. The van der Waals surface area contributed by atoms with Crippen LogP contribution >= 0.6 is 0 Å². The van der Waals surface area contributed by atoms with Gasteiger partial charge in [-0.05, 0) is 39.0 Å². The summed E-state index contributed by atoms with van der Waals surface area (Å²) in [6.07, 6.45) is -4.30. The van der Waals surface area contributed by atoms with Gasteiger partial charge < -0.3 is 10.2 Å². The zero-order valence-corrected chi connectivity index (χ0v) is 10.7. The molecule has 0 atom stereocenters. The lowest BCUT2D eigenvalue weighted by Crippen LogP contribution is -2.46. The van der Waals surface area contributed by atoms with Crippen LogP contribution in [0.2, 0.25) is 0 Å². The summed E-state index contributed by atoms with van der Waals surface area (Å²) in [6, 6.07) is 3.86. The second-order valence-electron chi connectivity index (χ2n) is 5.48.